The number of fused-ring (bicyclic) bond motifs is 1. The second-order valence-electron chi connectivity index (χ2n) is 5.88. The molecule has 0 fully saturated rings. The number of benzene rings is 1. The van der Waals surface area contributed by atoms with E-state index in [-0.39, 0.29) is 17.1 Å². The largest absolute Gasteiger partial charge is 0.459 e. The van der Waals surface area contributed by atoms with Gasteiger partial charge in [0.1, 0.15) is 0 Å². The molecule has 0 aliphatic heterocycles. The maximum Gasteiger partial charge on any atom is 0.293 e. The molecule has 3 aromatic rings. The highest BCUT2D eigenvalue weighted by Gasteiger charge is 2.16. The number of anilines is 1. The second-order valence-corrected chi connectivity index (χ2v) is 6.91. The Kier molecular flexibility index (Phi) is 3.29. The highest BCUT2D eigenvalue weighted by atomic mass is 32.1. The molecule has 0 spiro atoms. The number of hydrogen-bond donors (Lipinski definition) is 1. The van der Waals surface area contributed by atoms with Crippen LogP contribution in [0.3, 0.4) is 0 Å². The Morgan fingerprint density at radius 2 is 2.10 bits per heavy atom. The molecular weight excluding hydrogens is 284 g/mol. The van der Waals surface area contributed by atoms with Crippen molar-refractivity contribution in [1.29, 1.82) is 0 Å². The average Bonchev–Trinajstić information content (AvgIpc) is 3.05. The van der Waals surface area contributed by atoms with Crippen LogP contribution < -0.4 is 5.32 Å². The van der Waals surface area contributed by atoms with E-state index in [4.69, 9.17) is 4.42 Å². The first-order valence-corrected chi connectivity index (χ1v) is 7.51. The highest BCUT2D eigenvalue weighted by Crippen LogP contribution is 2.31. The predicted octanol–water partition coefficient (Wildman–Crippen LogP) is 4.44. The van der Waals surface area contributed by atoms with Crippen LogP contribution in [-0.4, -0.2) is 10.9 Å². The van der Waals surface area contributed by atoms with Crippen LogP contribution in [0.5, 0.6) is 0 Å². The molecule has 0 saturated carbocycles. The lowest BCUT2D eigenvalue weighted by Crippen LogP contribution is -2.10. The van der Waals surface area contributed by atoms with Crippen LogP contribution in [0, 0.1) is 0 Å². The number of aromatic nitrogens is 1. The van der Waals surface area contributed by atoms with Gasteiger partial charge in [0.15, 0.2) is 10.9 Å². The Morgan fingerprint density at radius 3 is 2.76 bits per heavy atom. The standard InChI is InChI=1S/C16H16N2O2S/c1-16(2,3)10-6-7-11-13(9-10)21-15(17-11)18-14(19)12-5-4-8-20-12/h4-9H,1-3H3,(H,17,18,19). The molecule has 0 aliphatic carbocycles. The molecule has 108 valence electrons. The lowest BCUT2D eigenvalue weighted by atomic mass is 9.87. The zero-order chi connectivity index (χ0) is 15.0. The molecule has 2 heterocycles. The first kappa shape index (κ1) is 13.8. The van der Waals surface area contributed by atoms with Gasteiger partial charge in [0.2, 0.25) is 0 Å². The summed E-state index contributed by atoms with van der Waals surface area (Å²) in [5, 5.41) is 3.35. The van der Waals surface area contributed by atoms with Crippen LogP contribution >= 0.6 is 11.3 Å². The monoisotopic (exact) mass is 300 g/mol. The van der Waals surface area contributed by atoms with Gasteiger partial charge in [-0.05, 0) is 35.2 Å². The van der Waals surface area contributed by atoms with Gasteiger partial charge in [0.25, 0.3) is 5.91 Å². The van der Waals surface area contributed by atoms with Gasteiger partial charge < -0.3 is 4.42 Å². The van der Waals surface area contributed by atoms with E-state index in [2.05, 4.69) is 43.2 Å². The minimum absolute atomic E-state index is 0.0930. The van der Waals surface area contributed by atoms with Crippen LogP contribution in [-0.2, 0) is 5.41 Å². The second kappa shape index (κ2) is 5.00. The normalized spacial score (nSPS) is 11.8. The summed E-state index contributed by atoms with van der Waals surface area (Å²) >= 11 is 1.47. The summed E-state index contributed by atoms with van der Waals surface area (Å²) in [6, 6.07) is 9.52. The minimum Gasteiger partial charge on any atom is -0.459 e. The van der Waals surface area contributed by atoms with Crippen molar-refractivity contribution < 1.29 is 9.21 Å². The van der Waals surface area contributed by atoms with Gasteiger partial charge in [0.05, 0.1) is 16.5 Å². The summed E-state index contributed by atoms with van der Waals surface area (Å²) in [5.41, 5.74) is 2.24. The Labute approximate surface area is 126 Å². The van der Waals surface area contributed by atoms with Gasteiger partial charge in [-0.3, -0.25) is 10.1 Å². The van der Waals surface area contributed by atoms with Crippen LogP contribution in [0.2, 0.25) is 0 Å². The Bertz CT molecular complexity index is 782. The van der Waals surface area contributed by atoms with Crippen LogP contribution in [0.1, 0.15) is 36.9 Å². The number of carbonyl (C=O) groups excluding carboxylic acids is 1. The van der Waals surface area contributed by atoms with E-state index in [0.29, 0.717) is 5.13 Å². The van der Waals surface area contributed by atoms with Gasteiger partial charge in [-0.25, -0.2) is 4.98 Å². The summed E-state index contributed by atoms with van der Waals surface area (Å²) < 4.78 is 6.14. The van der Waals surface area contributed by atoms with E-state index in [0.717, 1.165) is 10.2 Å². The summed E-state index contributed by atoms with van der Waals surface area (Å²) in [7, 11) is 0. The van der Waals surface area contributed by atoms with E-state index in [9.17, 15) is 4.79 Å². The topological polar surface area (TPSA) is 55.1 Å². The zero-order valence-electron chi connectivity index (χ0n) is 12.1. The fraction of sp³-hybridized carbons (Fsp3) is 0.250. The molecule has 21 heavy (non-hydrogen) atoms. The molecule has 3 rings (SSSR count). The fourth-order valence-electron chi connectivity index (χ4n) is 2.01. The molecule has 1 N–H and O–H groups in total. The molecule has 0 bridgehead atoms. The summed E-state index contributed by atoms with van der Waals surface area (Å²) in [5.74, 6) is -0.000243. The third kappa shape index (κ3) is 2.83. The molecule has 1 amide bonds. The summed E-state index contributed by atoms with van der Waals surface area (Å²) in [6.45, 7) is 6.53. The Morgan fingerprint density at radius 1 is 1.29 bits per heavy atom. The number of hydrogen-bond acceptors (Lipinski definition) is 4. The molecule has 0 atom stereocenters. The van der Waals surface area contributed by atoms with Crippen molar-refractivity contribution >= 4 is 32.6 Å². The van der Waals surface area contributed by atoms with Gasteiger partial charge in [-0.15, -0.1) is 0 Å². The highest BCUT2D eigenvalue weighted by molar-refractivity contribution is 7.22. The van der Waals surface area contributed by atoms with Gasteiger partial charge in [0, 0.05) is 0 Å². The molecule has 0 saturated heterocycles. The number of furan rings is 1. The number of nitrogens with one attached hydrogen (secondary N) is 1. The first-order valence-electron chi connectivity index (χ1n) is 6.69. The number of amides is 1. The van der Waals surface area contributed by atoms with Crippen molar-refractivity contribution in [3.8, 4) is 0 Å². The Balaban J connectivity index is 1.89. The quantitative estimate of drug-likeness (QED) is 0.761. The van der Waals surface area contributed by atoms with E-state index in [1.807, 2.05) is 6.07 Å². The van der Waals surface area contributed by atoms with Crippen LogP contribution in [0.25, 0.3) is 10.2 Å². The van der Waals surface area contributed by atoms with Crippen molar-refractivity contribution in [1.82, 2.24) is 4.98 Å². The number of rotatable bonds is 2. The van der Waals surface area contributed by atoms with Crippen molar-refractivity contribution in [3.63, 3.8) is 0 Å². The van der Waals surface area contributed by atoms with E-state index >= 15 is 0 Å². The third-order valence-corrected chi connectivity index (χ3v) is 4.15. The van der Waals surface area contributed by atoms with E-state index < -0.39 is 0 Å². The zero-order valence-corrected chi connectivity index (χ0v) is 13.0. The van der Waals surface area contributed by atoms with Crippen molar-refractivity contribution in [2.75, 3.05) is 5.32 Å². The summed E-state index contributed by atoms with van der Waals surface area (Å²) in [6.07, 6.45) is 1.48. The first-order chi connectivity index (χ1) is 9.93. The lowest BCUT2D eigenvalue weighted by molar-refractivity contribution is 0.0996. The average molecular weight is 300 g/mol. The molecule has 2 aromatic heterocycles. The Hall–Kier alpha value is -2.14. The van der Waals surface area contributed by atoms with Gasteiger partial charge in [-0.2, -0.15) is 0 Å². The molecule has 5 heteroatoms. The molecular formula is C16H16N2O2S. The lowest BCUT2D eigenvalue weighted by Gasteiger charge is -2.18. The molecule has 0 aliphatic rings. The molecule has 1 aromatic carbocycles. The fourth-order valence-corrected chi connectivity index (χ4v) is 2.91. The number of thiazole rings is 1. The van der Waals surface area contributed by atoms with E-state index in [1.54, 1.807) is 12.1 Å². The summed E-state index contributed by atoms with van der Waals surface area (Å²) in [4.78, 5) is 16.4. The maximum atomic E-state index is 11.9. The van der Waals surface area contributed by atoms with Crippen LogP contribution in [0.4, 0.5) is 5.13 Å². The van der Waals surface area contributed by atoms with Gasteiger partial charge in [-0.1, -0.05) is 38.2 Å². The third-order valence-electron chi connectivity index (χ3n) is 3.22. The maximum absolute atomic E-state index is 11.9. The minimum atomic E-state index is -0.282. The van der Waals surface area contributed by atoms with Crippen LogP contribution in [0.15, 0.2) is 41.0 Å². The number of nitrogens with zero attached hydrogens (tertiary/aromatic N) is 1. The van der Waals surface area contributed by atoms with Crippen molar-refractivity contribution in [2.24, 2.45) is 0 Å². The van der Waals surface area contributed by atoms with E-state index in [1.165, 1.54) is 23.2 Å². The molecule has 0 unspecified atom stereocenters. The predicted molar refractivity (Wildman–Crippen MR) is 85.0 cm³/mol. The van der Waals surface area contributed by atoms with Crippen molar-refractivity contribution in [3.05, 3.63) is 47.9 Å². The van der Waals surface area contributed by atoms with Gasteiger partial charge >= 0.3 is 0 Å². The molecule has 4 nitrogen and oxygen atoms in total. The smallest absolute Gasteiger partial charge is 0.293 e. The van der Waals surface area contributed by atoms with Crippen molar-refractivity contribution in [2.45, 2.75) is 26.2 Å². The molecule has 0 radical (unpaired) electrons. The SMILES string of the molecule is CC(C)(C)c1ccc2nc(NC(=O)c3ccco3)sc2c1. The number of carbonyl (C=O) groups is 1.